The van der Waals surface area contributed by atoms with Crippen molar-refractivity contribution < 1.29 is 13.9 Å². The lowest BCUT2D eigenvalue weighted by molar-refractivity contribution is 0.0598. The minimum absolute atomic E-state index is 0.0961. The lowest BCUT2D eigenvalue weighted by Gasteiger charge is -2.08. The van der Waals surface area contributed by atoms with Crippen molar-refractivity contribution in [2.24, 2.45) is 0 Å². The lowest BCUT2D eigenvalue weighted by atomic mass is 10.2. The zero-order valence-corrected chi connectivity index (χ0v) is 11.5. The summed E-state index contributed by atoms with van der Waals surface area (Å²) in [5.74, 6) is -1.12. The largest absolute Gasteiger partial charge is 0.465 e. The van der Waals surface area contributed by atoms with Crippen molar-refractivity contribution in [3.63, 3.8) is 0 Å². The van der Waals surface area contributed by atoms with Crippen LogP contribution in [0.25, 0.3) is 5.69 Å². The van der Waals surface area contributed by atoms with Crippen LogP contribution in [0.15, 0.2) is 45.8 Å². The van der Waals surface area contributed by atoms with E-state index in [9.17, 15) is 14.0 Å². The Kier molecular flexibility index (Phi) is 3.80. The molecule has 4 nitrogen and oxygen atoms in total. The second-order valence-electron chi connectivity index (χ2n) is 3.72. The number of carbonyl (C=O) groups excluding carboxylic acids is 1. The summed E-state index contributed by atoms with van der Waals surface area (Å²) >= 11 is 3.21. The van der Waals surface area contributed by atoms with Crippen molar-refractivity contribution in [1.29, 1.82) is 0 Å². The van der Waals surface area contributed by atoms with E-state index in [1.54, 1.807) is 0 Å². The first-order valence-electron chi connectivity index (χ1n) is 5.29. The number of rotatable bonds is 2. The maximum atomic E-state index is 12.9. The maximum Gasteiger partial charge on any atom is 0.343 e. The number of hydrogen-bond acceptors (Lipinski definition) is 3. The molecule has 98 valence electrons. The summed E-state index contributed by atoms with van der Waals surface area (Å²) in [6.07, 6.45) is 1.50. The summed E-state index contributed by atoms with van der Waals surface area (Å²) in [5, 5.41) is 0. The fourth-order valence-corrected chi connectivity index (χ4v) is 2.03. The van der Waals surface area contributed by atoms with Gasteiger partial charge in [0, 0.05) is 16.4 Å². The number of aromatic nitrogens is 1. The number of pyridine rings is 1. The number of esters is 1. The molecule has 0 amide bonds. The van der Waals surface area contributed by atoms with Crippen molar-refractivity contribution in [1.82, 2.24) is 4.57 Å². The Hall–Kier alpha value is -1.95. The molecule has 0 fully saturated rings. The summed E-state index contributed by atoms with van der Waals surface area (Å²) in [6, 6.07) is 6.75. The number of hydrogen-bond donors (Lipinski definition) is 0. The first kappa shape index (κ1) is 13.5. The van der Waals surface area contributed by atoms with Crippen molar-refractivity contribution in [3.05, 3.63) is 62.7 Å². The summed E-state index contributed by atoms with van der Waals surface area (Å²) in [4.78, 5) is 23.7. The van der Waals surface area contributed by atoms with E-state index in [1.807, 2.05) is 0 Å². The van der Waals surface area contributed by atoms with Crippen LogP contribution in [0.5, 0.6) is 0 Å². The molecular formula is C13H9BrFNO3. The highest BCUT2D eigenvalue weighted by Crippen LogP contribution is 2.14. The average molecular weight is 326 g/mol. The van der Waals surface area contributed by atoms with E-state index in [2.05, 4.69) is 20.7 Å². The molecule has 0 aliphatic rings. The first-order chi connectivity index (χ1) is 9.02. The van der Waals surface area contributed by atoms with E-state index in [-0.39, 0.29) is 5.56 Å². The first-order valence-corrected chi connectivity index (χ1v) is 6.08. The zero-order chi connectivity index (χ0) is 14.0. The zero-order valence-electron chi connectivity index (χ0n) is 9.89. The Labute approximate surface area is 116 Å². The molecule has 6 heteroatoms. The summed E-state index contributed by atoms with van der Waals surface area (Å²) in [6.45, 7) is 0. The van der Waals surface area contributed by atoms with Gasteiger partial charge in [-0.3, -0.25) is 9.36 Å². The van der Waals surface area contributed by atoms with Gasteiger partial charge in [-0.15, -0.1) is 0 Å². The van der Waals surface area contributed by atoms with E-state index in [1.165, 1.54) is 48.2 Å². The third-order valence-electron chi connectivity index (χ3n) is 2.49. The van der Waals surface area contributed by atoms with Gasteiger partial charge >= 0.3 is 5.97 Å². The van der Waals surface area contributed by atoms with Gasteiger partial charge in [0.15, 0.2) is 0 Å². The van der Waals surface area contributed by atoms with Crippen LogP contribution in [0, 0.1) is 5.82 Å². The van der Waals surface area contributed by atoms with Gasteiger partial charge in [0.2, 0.25) is 0 Å². The number of methoxy groups -OCH3 is 1. The van der Waals surface area contributed by atoms with E-state index in [0.29, 0.717) is 10.2 Å². The molecule has 2 rings (SSSR count). The molecule has 0 saturated heterocycles. The Morgan fingerprint density at radius 1 is 1.32 bits per heavy atom. The molecule has 0 spiro atoms. The van der Waals surface area contributed by atoms with Crippen LogP contribution in [0.2, 0.25) is 0 Å². The van der Waals surface area contributed by atoms with Gasteiger partial charge in [-0.25, -0.2) is 9.18 Å². The van der Waals surface area contributed by atoms with Crippen molar-refractivity contribution in [3.8, 4) is 5.69 Å². The van der Waals surface area contributed by atoms with Gasteiger partial charge in [0.1, 0.15) is 11.4 Å². The Morgan fingerprint density at radius 3 is 2.53 bits per heavy atom. The molecular weight excluding hydrogens is 317 g/mol. The second kappa shape index (κ2) is 5.36. The minimum atomic E-state index is -0.720. The van der Waals surface area contributed by atoms with Gasteiger partial charge in [-0.2, -0.15) is 0 Å². The quantitative estimate of drug-likeness (QED) is 0.797. The Balaban J connectivity index is 2.64. The third kappa shape index (κ3) is 2.73. The molecule has 1 heterocycles. The molecule has 0 N–H and O–H groups in total. The van der Waals surface area contributed by atoms with E-state index in [0.717, 1.165) is 0 Å². The van der Waals surface area contributed by atoms with Gasteiger partial charge in [0.25, 0.3) is 5.56 Å². The number of benzene rings is 1. The van der Waals surface area contributed by atoms with Crippen LogP contribution in [0.1, 0.15) is 10.4 Å². The normalized spacial score (nSPS) is 10.3. The smallest absolute Gasteiger partial charge is 0.343 e. The minimum Gasteiger partial charge on any atom is -0.465 e. The Morgan fingerprint density at radius 2 is 1.95 bits per heavy atom. The molecule has 0 radical (unpaired) electrons. The summed E-state index contributed by atoms with van der Waals surface area (Å²) in [7, 11) is 1.20. The van der Waals surface area contributed by atoms with E-state index >= 15 is 0 Å². The fraction of sp³-hybridized carbons (Fsp3) is 0.0769. The van der Waals surface area contributed by atoms with E-state index in [4.69, 9.17) is 0 Å². The SMILES string of the molecule is COC(=O)c1cc(Br)cn(-c2ccc(F)cc2)c1=O. The lowest BCUT2D eigenvalue weighted by Crippen LogP contribution is -2.25. The summed E-state index contributed by atoms with van der Waals surface area (Å²) < 4.78 is 19.2. The summed E-state index contributed by atoms with van der Waals surface area (Å²) in [5.41, 5.74) is -0.166. The molecule has 1 aromatic carbocycles. The predicted octanol–water partition coefficient (Wildman–Crippen LogP) is 2.53. The van der Waals surface area contributed by atoms with Gasteiger partial charge < -0.3 is 4.74 Å². The van der Waals surface area contributed by atoms with Gasteiger partial charge in [0.05, 0.1) is 7.11 Å². The molecule has 19 heavy (non-hydrogen) atoms. The van der Waals surface area contributed by atoms with Crippen molar-refractivity contribution in [2.45, 2.75) is 0 Å². The highest BCUT2D eigenvalue weighted by Gasteiger charge is 2.14. The standard InChI is InChI=1S/C13H9BrFNO3/c1-19-13(18)11-6-8(14)7-16(12(11)17)10-4-2-9(15)3-5-10/h2-7H,1H3. The molecule has 0 bridgehead atoms. The van der Waals surface area contributed by atoms with Crippen LogP contribution in [0.3, 0.4) is 0 Å². The van der Waals surface area contributed by atoms with Crippen LogP contribution in [0.4, 0.5) is 4.39 Å². The van der Waals surface area contributed by atoms with Crippen LogP contribution in [-0.4, -0.2) is 17.6 Å². The molecule has 0 saturated carbocycles. The number of ether oxygens (including phenoxy) is 1. The van der Waals surface area contributed by atoms with Gasteiger partial charge in [-0.1, -0.05) is 0 Å². The number of nitrogens with zero attached hydrogens (tertiary/aromatic N) is 1. The highest BCUT2D eigenvalue weighted by molar-refractivity contribution is 9.10. The second-order valence-corrected chi connectivity index (χ2v) is 4.63. The Bertz CT molecular complexity index is 679. The average Bonchev–Trinajstić information content (AvgIpc) is 2.41. The van der Waals surface area contributed by atoms with Gasteiger partial charge in [-0.05, 0) is 46.3 Å². The molecule has 0 aliphatic carbocycles. The molecule has 0 unspecified atom stereocenters. The third-order valence-corrected chi connectivity index (χ3v) is 2.93. The molecule has 0 atom stereocenters. The van der Waals surface area contributed by atoms with E-state index < -0.39 is 17.3 Å². The van der Waals surface area contributed by atoms with Crippen molar-refractivity contribution in [2.75, 3.05) is 7.11 Å². The van der Waals surface area contributed by atoms with Crippen LogP contribution in [-0.2, 0) is 4.74 Å². The predicted molar refractivity (Wildman–Crippen MR) is 71.0 cm³/mol. The number of carbonyl (C=O) groups is 1. The van der Waals surface area contributed by atoms with Crippen LogP contribution < -0.4 is 5.56 Å². The van der Waals surface area contributed by atoms with Crippen LogP contribution >= 0.6 is 15.9 Å². The van der Waals surface area contributed by atoms with Crippen molar-refractivity contribution >= 4 is 21.9 Å². The molecule has 2 aromatic rings. The highest BCUT2D eigenvalue weighted by atomic mass is 79.9. The maximum absolute atomic E-state index is 12.9. The molecule has 0 aliphatic heterocycles. The topological polar surface area (TPSA) is 48.3 Å². The number of halogens is 2. The molecule has 1 aromatic heterocycles. The fourth-order valence-electron chi connectivity index (χ4n) is 1.60. The monoisotopic (exact) mass is 325 g/mol.